The van der Waals surface area contributed by atoms with Gasteiger partial charge in [0.1, 0.15) is 27.1 Å². The predicted octanol–water partition coefficient (Wildman–Crippen LogP) is 1.65. The summed E-state index contributed by atoms with van der Waals surface area (Å²) in [5.41, 5.74) is 1.72. The number of sulfone groups is 1. The molecular weight excluding hydrogens is 444 g/mol. The fourth-order valence-corrected chi connectivity index (χ4v) is 5.60. The number of nitrogens with zero attached hydrogens (tertiary/aromatic N) is 1. The van der Waals surface area contributed by atoms with Gasteiger partial charge in [0.25, 0.3) is 11.8 Å². The zero-order valence-corrected chi connectivity index (χ0v) is 18.5. The quantitative estimate of drug-likeness (QED) is 0.619. The average Bonchev–Trinajstić information content (AvgIpc) is 3.37. The Morgan fingerprint density at radius 3 is 2.81 bits per heavy atom. The van der Waals surface area contributed by atoms with Crippen LogP contribution in [0.25, 0.3) is 0 Å². The van der Waals surface area contributed by atoms with Gasteiger partial charge in [-0.05, 0) is 23.3 Å². The Labute approximate surface area is 182 Å². The lowest BCUT2D eigenvalue weighted by Crippen LogP contribution is -2.38. The number of hydrogen-bond donors (Lipinski definition) is 1. The second-order valence-corrected chi connectivity index (χ2v) is 10.5. The summed E-state index contributed by atoms with van der Waals surface area (Å²) in [5, 5.41) is 4.09. The molecule has 3 heterocycles. The molecule has 0 fully saturated rings. The summed E-state index contributed by atoms with van der Waals surface area (Å²) in [6.07, 6.45) is 1.73. The number of benzene rings is 1. The van der Waals surface area contributed by atoms with E-state index < -0.39 is 39.4 Å². The van der Waals surface area contributed by atoms with Crippen molar-refractivity contribution in [3.8, 4) is 5.75 Å². The summed E-state index contributed by atoms with van der Waals surface area (Å²) >= 11 is 1.03. The molecule has 1 aromatic carbocycles. The minimum atomic E-state index is -3.54. The van der Waals surface area contributed by atoms with E-state index >= 15 is 0 Å². The molecule has 4 rings (SSSR count). The molecule has 2 aromatic rings. The Balaban J connectivity index is 1.72. The highest BCUT2D eigenvalue weighted by atomic mass is 32.2. The molecule has 1 atom stereocenters. The molecule has 1 aromatic heterocycles. The molecule has 0 radical (unpaired) electrons. The monoisotopic (exact) mass is 464 g/mol. The van der Waals surface area contributed by atoms with Gasteiger partial charge in [-0.25, -0.2) is 8.42 Å². The minimum Gasteiger partial charge on any atom is -0.493 e. The van der Waals surface area contributed by atoms with Crippen molar-refractivity contribution in [2.45, 2.75) is 12.5 Å². The van der Waals surface area contributed by atoms with Crippen molar-refractivity contribution in [3.63, 3.8) is 0 Å². The van der Waals surface area contributed by atoms with Crippen LogP contribution in [-0.2, 0) is 25.8 Å². The summed E-state index contributed by atoms with van der Waals surface area (Å²) in [5.74, 6) is -1.39. The van der Waals surface area contributed by atoms with Crippen LogP contribution in [-0.4, -0.2) is 63.4 Å². The van der Waals surface area contributed by atoms with Gasteiger partial charge in [0, 0.05) is 25.2 Å². The number of nitrogens with one attached hydrogen (secondary N) is 1. The molecule has 31 heavy (non-hydrogen) atoms. The van der Waals surface area contributed by atoms with E-state index in [1.807, 2.05) is 0 Å². The van der Waals surface area contributed by atoms with Crippen LogP contribution < -0.4 is 10.1 Å². The fraction of sp³-hybridized carbons (Fsp3) is 0.350. The van der Waals surface area contributed by atoms with E-state index in [0.29, 0.717) is 24.3 Å². The Hall–Kier alpha value is -2.76. The smallest absolute Gasteiger partial charge is 0.272 e. The molecule has 9 nitrogen and oxygen atoms in total. The Morgan fingerprint density at radius 1 is 1.32 bits per heavy atom. The van der Waals surface area contributed by atoms with Crippen LogP contribution in [0.2, 0.25) is 0 Å². The van der Waals surface area contributed by atoms with Gasteiger partial charge in [0.15, 0.2) is 0 Å². The van der Waals surface area contributed by atoms with Crippen LogP contribution in [0.15, 0.2) is 23.6 Å². The maximum Gasteiger partial charge on any atom is 0.272 e. The molecule has 0 unspecified atom stereocenters. The van der Waals surface area contributed by atoms with E-state index in [2.05, 4.69) is 5.32 Å². The number of fused-ring (bicyclic) bond motifs is 2. The first-order valence-corrected chi connectivity index (χ1v) is 12.3. The molecule has 164 valence electrons. The van der Waals surface area contributed by atoms with Gasteiger partial charge in [0.2, 0.25) is 5.91 Å². The van der Waals surface area contributed by atoms with Crippen molar-refractivity contribution in [2.24, 2.45) is 0 Å². The van der Waals surface area contributed by atoms with E-state index in [9.17, 15) is 22.8 Å². The molecule has 3 amide bonds. The zero-order chi connectivity index (χ0) is 22.3. The van der Waals surface area contributed by atoms with Crippen molar-refractivity contribution in [2.75, 3.05) is 37.6 Å². The van der Waals surface area contributed by atoms with Gasteiger partial charge in [-0.3, -0.25) is 19.3 Å². The minimum absolute atomic E-state index is 0.0717. The second-order valence-electron chi connectivity index (χ2n) is 7.39. The molecule has 0 aliphatic carbocycles. The van der Waals surface area contributed by atoms with Crippen molar-refractivity contribution in [1.82, 2.24) is 4.90 Å². The highest BCUT2D eigenvalue weighted by Gasteiger charge is 2.45. The third-order valence-electron chi connectivity index (χ3n) is 5.06. The van der Waals surface area contributed by atoms with Crippen molar-refractivity contribution in [3.05, 3.63) is 45.1 Å². The number of carbonyl (C=O) groups excluding carboxylic acids is 3. The lowest BCUT2D eigenvalue weighted by molar-refractivity contribution is -0.119. The summed E-state index contributed by atoms with van der Waals surface area (Å²) in [6, 6.07) is 4.19. The summed E-state index contributed by atoms with van der Waals surface area (Å²) in [7, 11) is -2.17. The van der Waals surface area contributed by atoms with E-state index in [-0.39, 0.29) is 22.7 Å². The molecule has 2 aliphatic rings. The summed E-state index contributed by atoms with van der Waals surface area (Å²) in [6.45, 7) is 0.323. The average molecular weight is 465 g/mol. The topological polar surface area (TPSA) is 119 Å². The Morgan fingerprint density at radius 2 is 2.10 bits per heavy atom. The maximum absolute atomic E-state index is 13.3. The van der Waals surface area contributed by atoms with Crippen LogP contribution in [0.3, 0.4) is 0 Å². The highest BCUT2D eigenvalue weighted by Crippen LogP contribution is 2.40. The lowest BCUT2D eigenvalue weighted by Gasteiger charge is -2.26. The van der Waals surface area contributed by atoms with E-state index in [4.69, 9.17) is 9.47 Å². The third kappa shape index (κ3) is 4.08. The number of thiophene rings is 1. The van der Waals surface area contributed by atoms with Crippen LogP contribution >= 0.6 is 11.3 Å². The van der Waals surface area contributed by atoms with Crippen molar-refractivity contribution >= 4 is 44.6 Å². The van der Waals surface area contributed by atoms with E-state index in [1.165, 1.54) is 12.5 Å². The molecule has 0 bridgehead atoms. The van der Waals surface area contributed by atoms with Crippen molar-refractivity contribution in [1.29, 1.82) is 0 Å². The fourth-order valence-electron chi connectivity index (χ4n) is 3.76. The molecule has 1 N–H and O–H groups in total. The van der Waals surface area contributed by atoms with Crippen LogP contribution in [0, 0.1) is 0 Å². The first kappa shape index (κ1) is 21.5. The van der Waals surface area contributed by atoms with Gasteiger partial charge in [-0.2, -0.15) is 0 Å². The number of imide groups is 1. The van der Waals surface area contributed by atoms with Crippen LogP contribution in [0.5, 0.6) is 5.75 Å². The van der Waals surface area contributed by atoms with Gasteiger partial charge in [0.05, 0.1) is 29.7 Å². The SMILES string of the molecule is COCC(=O)Nc1csc2c1C(=O)N([C@H](CS(C)(=O)=O)c1ccc3c(c1)CCO3)C2=O. The van der Waals surface area contributed by atoms with E-state index in [1.54, 1.807) is 18.2 Å². The van der Waals surface area contributed by atoms with Crippen molar-refractivity contribution < 1.29 is 32.3 Å². The standard InChI is InChI=1S/C20H20N2O7S2/c1-28-8-16(23)21-13-9-30-18-17(13)19(24)22(20(18)25)14(10-31(2,26)27)11-3-4-15-12(7-11)5-6-29-15/h3-4,7,9,14H,5-6,8,10H2,1-2H3,(H,21,23)/t14-/m1/s1. The molecule has 0 saturated carbocycles. The van der Waals surface area contributed by atoms with E-state index in [0.717, 1.165) is 28.1 Å². The first-order valence-electron chi connectivity index (χ1n) is 9.41. The number of hydrogen-bond acceptors (Lipinski definition) is 8. The van der Waals surface area contributed by atoms with Gasteiger partial charge in [-0.1, -0.05) is 6.07 Å². The Bertz CT molecular complexity index is 1190. The number of amides is 3. The molecular formula is C20H20N2O7S2. The van der Waals surface area contributed by atoms with Gasteiger partial charge >= 0.3 is 0 Å². The predicted molar refractivity (Wildman–Crippen MR) is 113 cm³/mol. The molecule has 0 spiro atoms. The highest BCUT2D eigenvalue weighted by molar-refractivity contribution is 7.90. The van der Waals surface area contributed by atoms with Crippen LogP contribution in [0.1, 0.15) is 37.2 Å². The first-order chi connectivity index (χ1) is 14.7. The maximum atomic E-state index is 13.3. The number of ether oxygens (including phenoxy) is 2. The second kappa shape index (κ2) is 8.06. The Kier molecular flexibility index (Phi) is 5.58. The summed E-state index contributed by atoms with van der Waals surface area (Å²) < 4.78 is 34.6. The number of rotatable bonds is 7. The largest absolute Gasteiger partial charge is 0.493 e. The number of carbonyl (C=O) groups is 3. The van der Waals surface area contributed by atoms with Gasteiger partial charge < -0.3 is 14.8 Å². The molecule has 11 heteroatoms. The van der Waals surface area contributed by atoms with Crippen LogP contribution in [0.4, 0.5) is 5.69 Å². The number of methoxy groups -OCH3 is 1. The third-order valence-corrected chi connectivity index (χ3v) is 6.95. The zero-order valence-electron chi connectivity index (χ0n) is 16.8. The summed E-state index contributed by atoms with van der Waals surface area (Å²) in [4.78, 5) is 39.4. The normalized spacial score (nSPS) is 16.1. The number of anilines is 1. The molecule has 0 saturated heterocycles. The van der Waals surface area contributed by atoms with Gasteiger partial charge in [-0.15, -0.1) is 11.3 Å². The molecule has 2 aliphatic heterocycles. The lowest BCUT2D eigenvalue weighted by atomic mass is 10.0.